The third-order valence-electron chi connectivity index (χ3n) is 5.94. The summed E-state index contributed by atoms with van der Waals surface area (Å²) in [6, 6.07) is 6.66. The molecule has 3 nitrogen and oxygen atoms in total. The van der Waals surface area contributed by atoms with Gasteiger partial charge in [0.2, 0.25) is 0 Å². The van der Waals surface area contributed by atoms with Crippen LogP contribution in [0.1, 0.15) is 58.6 Å². The van der Waals surface area contributed by atoms with E-state index in [9.17, 15) is 5.11 Å². The van der Waals surface area contributed by atoms with Crippen LogP contribution in [0.3, 0.4) is 0 Å². The highest BCUT2D eigenvalue weighted by Gasteiger charge is 2.36. The Bertz CT molecular complexity index is 653. The number of nitrogens with one attached hydrogen (secondary N) is 1. The lowest BCUT2D eigenvalue weighted by Crippen LogP contribution is -2.41. The highest BCUT2D eigenvalue weighted by atomic mass is 28.4. The molecule has 1 aliphatic rings. The molecule has 27 heavy (non-hydrogen) atoms. The van der Waals surface area contributed by atoms with Gasteiger partial charge in [-0.1, -0.05) is 39.0 Å². The maximum absolute atomic E-state index is 10.1. The lowest BCUT2D eigenvalue weighted by atomic mass is 9.90. The van der Waals surface area contributed by atoms with E-state index in [2.05, 4.69) is 69.5 Å². The first-order valence-electron chi connectivity index (χ1n) is 10.3. The van der Waals surface area contributed by atoms with Crippen LogP contribution in [0.25, 0.3) is 6.08 Å². The minimum Gasteiger partial charge on any atom is -0.415 e. The van der Waals surface area contributed by atoms with Crippen molar-refractivity contribution in [1.29, 1.82) is 0 Å². The number of benzene rings is 1. The normalized spacial score (nSPS) is 18.1. The number of aliphatic hydroxyl groups is 1. The van der Waals surface area contributed by atoms with Gasteiger partial charge in [0, 0.05) is 12.2 Å². The van der Waals surface area contributed by atoms with Crippen molar-refractivity contribution in [3.8, 4) is 0 Å². The van der Waals surface area contributed by atoms with Gasteiger partial charge in [-0.3, -0.25) is 0 Å². The van der Waals surface area contributed by atoms with Crippen molar-refractivity contribution in [3.63, 3.8) is 0 Å². The van der Waals surface area contributed by atoms with E-state index in [4.69, 9.17) is 4.43 Å². The summed E-state index contributed by atoms with van der Waals surface area (Å²) in [5, 5.41) is 13.9. The summed E-state index contributed by atoms with van der Waals surface area (Å²) in [5.41, 5.74) is 3.23. The third-order valence-corrected chi connectivity index (χ3v) is 10.5. The molecule has 152 valence electrons. The van der Waals surface area contributed by atoms with E-state index in [0.717, 1.165) is 38.1 Å². The summed E-state index contributed by atoms with van der Waals surface area (Å²) in [7, 11) is -1.67. The van der Waals surface area contributed by atoms with Crippen molar-refractivity contribution in [1.82, 2.24) is 0 Å². The predicted molar refractivity (Wildman–Crippen MR) is 120 cm³/mol. The highest BCUT2D eigenvalue weighted by Crippen LogP contribution is 2.36. The van der Waals surface area contributed by atoms with Crippen LogP contribution in [0.4, 0.5) is 5.69 Å². The maximum atomic E-state index is 10.1. The van der Waals surface area contributed by atoms with Gasteiger partial charge in [0.25, 0.3) is 0 Å². The van der Waals surface area contributed by atoms with Crippen LogP contribution in [0.15, 0.2) is 24.3 Å². The second kappa shape index (κ2) is 8.50. The fraction of sp³-hybridized carbons (Fsp3) is 0.652. The van der Waals surface area contributed by atoms with Crippen molar-refractivity contribution in [2.45, 2.75) is 77.6 Å². The van der Waals surface area contributed by atoms with Crippen LogP contribution in [0.5, 0.6) is 0 Å². The van der Waals surface area contributed by atoms with Crippen molar-refractivity contribution >= 4 is 20.1 Å². The Kier molecular flexibility index (Phi) is 6.99. The molecule has 1 atom stereocenters. The van der Waals surface area contributed by atoms with E-state index >= 15 is 0 Å². The minimum absolute atomic E-state index is 0.252. The van der Waals surface area contributed by atoms with Gasteiger partial charge >= 0.3 is 0 Å². The number of fused-ring (bicyclic) bond motifs is 1. The highest BCUT2D eigenvalue weighted by molar-refractivity contribution is 6.74. The second-order valence-corrected chi connectivity index (χ2v) is 14.9. The molecule has 0 aromatic heterocycles. The molecule has 1 aromatic carbocycles. The zero-order chi connectivity index (χ0) is 20.3. The number of hydrogen-bond donors (Lipinski definition) is 2. The molecular formula is C23H39NO2Si. The zero-order valence-electron chi connectivity index (χ0n) is 18.4. The molecule has 0 amide bonds. The molecule has 0 radical (unpaired) electrons. The number of allylic oxidation sites excluding steroid dienone is 1. The third kappa shape index (κ3) is 6.77. The Morgan fingerprint density at radius 3 is 2.52 bits per heavy atom. The number of hydrogen-bond acceptors (Lipinski definition) is 3. The molecule has 1 aromatic rings. The molecule has 1 unspecified atom stereocenters. The standard InChI is InChI=1S/C23H39NO2Si/c1-22(2,3)27(6,7)26-15-14-24-21-13-12-19-10-8-18(17-23(4,5)25)9-11-20(19)16-21/h9,11-13,16,18,24-25H,8,10,14-15,17H2,1-7H3. The van der Waals surface area contributed by atoms with Gasteiger partial charge in [0.05, 0.1) is 12.2 Å². The van der Waals surface area contributed by atoms with E-state index < -0.39 is 13.9 Å². The summed E-state index contributed by atoms with van der Waals surface area (Å²) >= 11 is 0. The first-order valence-corrected chi connectivity index (χ1v) is 13.2. The molecular weight excluding hydrogens is 350 g/mol. The fourth-order valence-electron chi connectivity index (χ4n) is 3.29. The Balaban J connectivity index is 1.92. The van der Waals surface area contributed by atoms with Gasteiger partial charge in [-0.05, 0) is 80.4 Å². The smallest absolute Gasteiger partial charge is 0.192 e. The van der Waals surface area contributed by atoms with E-state index in [1.165, 1.54) is 11.1 Å². The molecule has 0 fully saturated rings. The van der Waals surface area contributed by atoms with Gasteiger partial charge in [-0.25, -0.2) is 0 Å². The van der Waals surface area contributed by atoms with Gasteiger partial charge in [0.1, 0.15) is 0 Å². The van der Waals surface area contributed by atoms with Crippen LogP contribution in [0, 0.1) is 5.92 Å². The molecule has 2 N–H and O–H groups in total. The van der Waals surface area contributed by atoms with Crippen molar-refractivity contribution in [3.05, 3.63) is 35.4 Å². The fourth-order valence-corrected chi connectivity index (χ4v) is 4.34. The largest absolute Gasteiger partial charge is 0.415 e. The molecule has 2 rings (SSSR count). The topological polar surface area (TPSA) is 41.5 Å². The van der Waals surface area contributed by atoms with Crippen molar-refractivity contribution in [2.24, 2.45) is 5.92 Å². The van der Waals surface area contributed by atoms with E-state index in [-0.39, 0.29) is 5.04 Å². The SMILES string of the molecule is CC(C)(O)CC1C=Cc2cc(NCCO[Si](C)(C)C(C)(C)C)ccc2CC1. The summed E-state index contributed by atoms with van der Waals surface area (Å²) in [6.07, 6.45) is 7.48. The monoisotopic (exact) mass is 389 g/mol. The maximum Gasteiger partial charge on any atom is 0.192 e. The Morgan fingerprint density at radius 2 is 1.89 bits per heavy atom. The van der Waals surface area contributed by atoms with Crippen LogP contribution in [-0.2, 0) is 10.8 Å². The predicted octanol–water partition coefficient (Wildman–Crippen LogP) is 5.86. The lowest BCUT2D eigenvalue weighted by Gasteiger charge is -2.36. The molecule has 0 saturated heterocycles. The van der Waals surface area contributed by atoms with Gasteiger partial charge in [-0.2, -0.15) is 0 Å². The van der Waals surface area contributed by atoms with Gasteiger partial charge in [-0.15, -0.1) is 0 Å². The van der Waals surface area contributed by atoms with Crippen LogP contribution < -0.4 is 5.32 Å². The Hall–Kier alpha value is -1.10. The molecule has 0 bridgehead atoms. The summed E-state index contributed by atoms with van der Waals surface area (Å²) in [6.45, 7) is 16.8. The molecule has 0 saturated carbocycles. The number of aryl methyl sites for hydroxylation is 1. The molecule has 0 spiro atoms. The molecule has 4 heteroatoms. The second-order valence-electron chi connectivity index (χ2n) is 10.1. The summed E-state index contributed by atoms with van der Waals surface area (Å²) in [5.74, 6) is 0.437. The Labute approximate surface area is 167 Å². The zero-order valence-corrected chi connectivity index (χ0v) is 19.4. The van der Waals surface area contributed by atoms with Crippen LogP contribution >= 0.6 is 0 Å². The van der Waals surface area contributed by atoms with Crippen LogP contribution in [0.2, 0.25) is 18.1 Å². The molecule has 0 aliphatic heterocycles. The quantitative estimate of drug-likeness (QED) is 0.453. The minimum atomic E-state index is -1.67. The van der Waals surface area contributed by atoms with E-state index in [1.807, 2.05) is 13.8 Å². The average molecular weight is 390 g/mol. The average Bonchev–Trinajstić information content (AvgIpc) is 2.71. The van der Waals surface area contributed by atoms with Gasteiger partial charge < -0.3 is 14.8 Å². The van der Waals surface area contributed by atoms with Gasteiger partial charge in [0.15, 0.2) is 8.32 Å². The van der Waals surface area contributed by atoms with E-state index in [0.29, 0.717) is 5.92 Å². The summed E-state index contributed by atoms with van der Waals surface area (Å²) < 4.78 is 6.25. The lowest BCUT2D eigenvalue weighted by molar-refractivity contribution is 0.0582. The van der Waals surface area contributed by atoms with Crippen molar-refractivity contribution in [2.75, 3.05) is 18.5 Å². The molecule has 1 aliphatic carbocycles. The van der Waals surface area contributed by atoms with Crippen molar-refractivity contribution < 1.29 is 9.53 Å². The summed E-state index contributed by atoms with van der Waals surface area (Å²) in [4.78, 5) is 0. The van der Waals surface area contributed by atoms with Crippen LogP contribution in [-0.4, -0.2) is 32.2 Å². The first kappa shape index (κ1) is 22.2. The Morgan fingerprint density at radius 1 is 1.19 bits per heavy atom. The molecule has 0 heterocycles. The van der Waals surface area contributed by atoms with E-state index in [1.54, 1.807) is 0 Å². The number of anilines is 1. The first-order chi connectivity index (χ1) is 12.4. The number of rotatable bonds is 7.